The van der Waals surface area contributed by atoms with E-state index in [-0.39, 0.29) is 17.5 Å². The van der Waals surface area contributed by atoms with Crippen molar-refractivity contribution < 1.29 is 14.6 Å². The van der Waals surface area contributed by atoms with Crippen LogP contribution in [0.3, 0.4) is 0 Å². The molecule has 3 nitrogen and oxygen atoms in total. The molecule has 4 rings (SSSR count). The van der Waals surface area contributed by atoms with Gasteiger partial charge in [0, 0.05) is 13.3 Å². The first kappa shape index (κ1) is 24.6. The SMILES string of the molecule is CC(=O)O[C@@H]1CC[C@]2(C)[C@@H]3CC[C@@]4(C)[C@H](CC[C@H]4[C@H](C)CCCC(C)C)[C@H]3CC[C@@]2(O)C1. The topological polar surface area (TPSA) is 46.5 Å². The summed E-state index contributed by atoms with van der Waals surface area (Å²) in [5.41, 5.74) is -0.184. The van der Waals surface area contributed by atoms with Gasteiger partial charge < -0.3 is 9.84 Å². The molecular weight excluding hydrogens is 396 g/mol. The zero-order valence-corrected chi connectivity index (χ0v) is 21.8. The van der Waals surface area contributed by atoms with E-state index in [2.05, 4.69) is 34.6 Å². The minimum atomic E-state index is -0.664. The molecule has 4 fully saturated rings. The first-order chi connectivity index (χ1) is 15.0. The number of fused-ring (bicyclic) bond motifs is 5. The van der Waals surface area contributed by atoms with E-state index in [1.807, 2.05) is 0 Å². The quantitative estimate of drug-likeness (QED) is 0.440. The summed E-state index contributed by atoms with van der Waals surface area (Å²) < 4.78 is 5.56. The van der Waals surface area contributed by atoms with Gasteiger partial charge in [-0.15, -0.1) is 0 Å². The Morgan fingerprint density at radius 3 is 2.41 bits per heavy atom. The first-order valence-corrected chi connectivity index (χ1v) is 13.9. The van der Waals surface area contributed by atoms with E-state index in [0.29, 0.717) is 17.8 Å². The van der Waals surface area contributed by atoms with Crippen molar-refractivity contribution in [2.24, 2.45) is 46.3 Å². The number of hydrogen-bond acceptors (Lipinski definition) is 3. The molecule has 0 aromatic carbocycles. The number of aliphatic hydroxyl groups is 1. The van der Waals surface area contributed by atoms with Gasteiger partial charge in [-0.25, -0.2) is 0 Å². The van der Waals surface area contributed by atoms with Crippen LogP contribution in [0.25, 0.3) is 0 Å². The van der Waals surface area contributed by atoms with Gasteiger partial charge in [0.05, 0.1) is 5.60 Å². The summed E-state index contributed by atoms with van der Waals surface area (Å²) >= 11 is 0. The standard InChI is InChI=1S/C29H50O3/c1-19(2)8-7-9-20(3)24-10-11-25-23-13-17-29(31)18-22(32-21(4)30)12-16-28(29,6)26(23)14-15-27(24,25)5/h19-20,22-26,31H,7-18H2,1-6H3/t20-,22-,23-,24+,25-,26-,27-,28-,29-/m1/s1. The molecule has 0 spiro atoms. The van der Waals surface area contributed by atoms with E-state index in [0.717, 1.165) is 55.3 Å². The first-order valence-electron chi connectivity index (χ1n) is 13.9. The molecule has 0 heterocycles. The Bertz CT molecular complexity index is 688. The average Bonchev–Trinajstić information content (AvgIpc) is 3.05. The van der Waals surface area contributed by atoms with Gasteiger partial charge in [0.1, 0.15) is 6.10 Å². The van der Waals surface area contributed by atoms with Crippen LogP contribution in [0.1, 0.15) is 119 Å². The van der Waals surface area contributed by atoms with Gasteiger partial charge in [-0.2, -0.15) is 0 Å². The molecule has 32 heavy (non-hydrogen) atoms. The zero-order valence-electron chi connectivity index (χ0n) is 21.8. The minimum absolute atomic E-state index is 0.0190. The largest absolute Gasteiger partial charge is 0.462 e. The average molecular weight is 447 g/mol. The highest BCUT2D eigenvalue weighted by molar-refractivity contribution is 5.66. The van der Waals surface area contributed by atoms with E-state index in [1.54, 1.807) is 0 Å². The molecule has 4 saturated carbocycles. The molecule has 0 aliphatic heterocycles. The van der Waals surface area contributed by atoms with Crippen LogP contribution < -0.4 is 0 Å². The highest BCUT2D eigenvalue weighted by atomic mass is 16.5. The predicted molar refractivity (Wildman–Crippen MR) is 130 cm³/mol. The number of ether oxygens (including phenoxy) is 1. The number of carbonyl (C=O) groups excluding carboxylic acids is 1. The van der Waals surface area contributed by atoms with E-state index >= 15 is 0 Å². The molecule has 0 aromatic heterocycles. The fourth-order valence-corrected chi connectivity index (χ4v) is 9.57. The molecule has 0 saturated heterocycles. The van der Waals surface area contributed by atoms with Gasteiger partial charge in [0.15, 0.2) is 0 Å². The van der Waals surface area contributed by atoms with Gasteiger partial charge in [-0.1, -0.05) is 53.9 Å². The van der Waals surface area contributed by atoms with Gasteiger partial charge in [0.25, 0.3) is 0 Å². The lowest BCUT2D eigenvalue weighted by Gasteiger charge is -2.64. The number of hydrogen-bond donors (Lipinski definition) is 1. The Balaban J connectivity index is 1.47. The van der Waals surface area contributed by atoms with Crippen LogP contribution in [-0.2, 0) is 9.53 Å². The second-order valence-corrected chi connectivity index (χ2v) is 13.4. The van der Waals surface area contributed by atoms with Crippen LogP contribution >= 0.6 is 0 Å². The van der Waals surface area contributed by atoms with E-state index in [9.17, 15) is 9.90 Å². The number of carbonyl (C=O) groups is 1. The van der Waals surface area contributed by atoms with E-state index in [1.165, 1.54) is 51.9 Å². The van der Waals surface area contributed by atoms with E-state index in [4.69, 9.17) is 4.74 Å². The number of rotatable bonds is 6. The predicted octanol–water partition coefficient (Wildman–Crippen LogP) is 7.15. The maximum atomic E-state index is 11.9. The monoisotopic (exact) mass is 446 g/mol. The molecule has 0 radical (unpaired) electrons. The maximum absolute atomic E-state index is 11.9. The van der Waals surface area contributed by atoms with Gasteiger partial charge >= 0.3 is 5.97 Å². The Hall–Kier alpha value is -0.570. The summed E-state index contributed by atoms with van der Waals surface area (Å²) in [6.07, 6.45) is 14.1. The van der Waals surface area contributed by atoms with E-state index < -0.39 is 5.60 Å². The zero-order chi connectivity index (χ0) is 23.3. The third kappa shape index (κ3) is 4.07. The normalized spacial score (nSPS) is 46.8. The molecule has 4 aliphatic rings. The lowest BCUT2D eigenvalue weighted by molar-refractivity contribution is -0.224. The Morgan fingerprint density at radius 1 is 0.969 bits per heavy atom. The molecule has 0 bridgehead atoms. The maximum Gasteiger partial charge on any atom is 0.302 e. The Morgan fingerprint density at radius 2 is 1.72 bits per heavy atom. The van der Waals surface area contributed by atoms with Crippen LogP contribution in [-0.4, -0.2) is 22.8 Å². The van der Waals surface area contributed by atoms with Crippen molar-refractivity contribution in [3.05, 3.63) is 0 Å². The van der Waals surface area contributed by atoms with Crippen molar-refractivity contribution in [3.8, 4) is 0 Å². The van der Waals surface area contributed by atoms with Crippen LogP contribution in [0.2, 0.25) is 0 Å². The second-order valence-electron chi connectivity index (χ2n) is 13.4. The highest BCUT2D eigenvalue weighted by Crippen LogP contribution is 2.69. The molecule has 0 unspecified atom stereocenters. The van der Waals surface area contributed by atoms with Crippen LogP contribution in [0.15, 0.2) is 0 Å². The molecule has 3 heteroatoms. The Kier molecular flexibility index (Phi) is 6.83. The summed E-state index contributed by atoms with van der Waals surface area (Å²) in [5.74, 6) is 4.59. The molecular formula is C29H50O3. The molecule has 0 amide bonds. The van der Waals surface area contributed by atoms with Crippen LogP contribution in [0.5, 0.6) is 0 Å². The van der Waals surface area contributed by atoms with Crippen molar-refractivity contribution in [1.82, 2.24) is 0 Å². The molecule has 1 N–H and O–H groups in total. The smallest absolute Gasteiger partial charge is 0.302 e. The lowest BCUT2D eigenvalue weighted by atomic mass is 9.43. The summed E-state index contributed by atoms with van der Waals surface area (Å²) in [7, 11) is 0. The third-order valence-electron chi connectivity index (χ3n) is 11.3. The molecule has 9 atom stereocenters. The fourth-order valence-electron chi connectivity index (χ4n) is 9.57. The highest BCUT2D eigenvalue weighted by Gasteiger charge is 2.64. The van der Waals surface area contributed by atoms with Crippen molar-refractivity contribution in [2.75, 3.05) is 0 Å². The summed E-state index contributed by atoms with van der Waals surface area (Å²) in [6.45, 7) is 13.8. The summed E-state index contributed by atoms with van der Waals surface area (Å²) in [5, 5.41) is 11.9. The molecule has 4 aliphatic carbocycles. The number of esters is 1. The van der Waals surface area contributed by atoms with Crippen molar-refractivity contribution >= 4 is 5.97 Å². The molecule has 0 aromatic rings. The van der Waals surface area contributed by atoms with Crippen LogP contribution in [0.4, 0.5) is 0 Å². The van der Waals surface area contributed by atoms with Gasteiger partial charge in [0.2, 0.25) is 0 Å². The van der Waals surface area contributed by atoms with Gasteiger partial charge in [-0.05, 0) is 97.7 Å². The summed E-state index contributed by atoms with van der Waals surface area (Å²) in [6, 6.07) is 0. The fraction of sp³-hybridized carbons (Fsp3) is 0.966. The molecule has 184 valence electrons. The minimum Gasteiger partial charge on any atom is -0.462 e. The van der Waals surface area contributed by atoms with Crippen molar-refractivity contribution in [3.63, 3.8) is 0 Å². The van der Waals surface area contributed by atoms with Crippen LogP contribution in [0, 0.1) is 46.3 Å². The van der Waals surface area contributed by atoms with Crippen molar-refractivity contribution in [2.45, 2.75) is 130 Å². The summed E-state index contributed by atoms with van der Waals surface area (Å²) in [4.78, 5) is 11.5. The van der Waals surface area contributed by atoms with Gasteiger partial charge in [-0.3, -0.25) is 4.79 Å². The lowest BCUT2D eigenvalue weighted by Crippen LogP contribution is -2.63. The third-order valence-corrected chi connectivity index (χ3v) is 11.3. The van der Waals surface area contributed by atoms with Crippen molar-refractivity contribution in [1.29, 1.82) is 0 Å². The Labute approximate surface area is 197 Å². The second kappa shape index (κ2) is 8.90.